The summed E-state index contributed by atoms with van der Waals surface area (Å²) in [4.78, 5) is 0. The van der Waals surface area contributed by atoms with Crippen LogP contribution in [0.15, 0.2) is 109 Å². The number of ether oxygens (including phenoxy) is 4. The minimum absolute atomic E-state index is 0.0500. The second-order valence-electron chi connectivity index (χ2n) is 21.6. The number of benzene rings is 4. The van der Waals surface area contributed by atoms with E-state index in [4.69, 9.17) is 36.0 Å². The average molecular weight is 1030 g/mol. The van der Waals surface area contributed by atoms with Crippen LogP contribution in [0.25, 0.3) is 43.8 Å². The zero-order valence-corrected chi connectivity index (χ0v) is 47.4. The molecule has 2 fully saturated rings. The Labute approximate surface area is 420 Å². The van der Waals surface area contributed by atoms with Crippen molar-refractivity contribution in [1.29, 1.82) is 0 Å². The van der Waals surface area contributed by atoms with Gasteiger partial charge in [-0.15, -0.1) is 69.1 Å². The molecular formula is C58H76Cl2O4SiZr. The molecule has 0 aliphatic carbocycles. The van der Waals surface area contributed by atoms with Gasteiger partial charge in [-0.25, -0.2) is 0 Å². The number of hydrogen-bond acceptors (Lipinski definition) is 4. The van der Waals surface area contributed by atoms with Crippen molar-refractivity contribution >= 4 is 48.1 Å². The number of halogens is 2. The monoisotopic (exact) mass is 1020 g/mol. The van der Waals surface area contributed by atoms with E-state index in [2.05, 4.69) is 178 Å². The van der Waals surface area contributed by atoms with Crippen LogP contribution in [-0.2, 0) is 63.5 Å². The molecule has 8 heteroatoms. The molecule has 0 amide bonds. The van der Waals surface area contributed by atoms with Crippen LogP contribution >= 0.6 is 17.0 Å². The van der Waals surface area contributed by atoms with Crippen molar-refractivity contribution in [2.45, 2.75) is 144 Å². The van der Waals surface area contributed by atoms with Crippen LogP contribution < -0.4 is 0 Å². The summed E-state index contributed by atoms with van der Waals surface area (Å²) >= 11 is -0.826. The average Bonchev–Trinajstić information content (AvgIpc) is 3.89. The first-order chi connectivity index (χ1) is 31.0. The second kappa shape index (κ2) is 23.0. The van der Waals surface area contributed by atoms with Gasteiger partial charge in [0.25, 0.3) is 0 Å². The molecule has 0 N–H and O–H groups in total. The molecule has 0 aromatic heterocycles. The van der Waals surface area contributed by atoms with Crippen LogP contribution in [0.1, 0.15) is 118 Å². The van der Waals surface area contributed by atoms with E-state index in [-0.39, 0.29) is 21.7 Å². The molecule has 8 rings (SSSR count). The molecule has 0 bridgehead atoms. The summed E-state index contributed by atoms with van der Waals surface area (Å²) in [6.45, 7) is 33.4. The molecule has 0 atom stereocenters. The van der Waals surface area contributed by atoms with Gasteiger partial charge in [0.15, 0.2) is 11.6 Å². The van der Waals surface area contributed by atoms with Gasteiger partial charge in [-0.1, -0.05) is 140 Å². The van der Waals surface area contributed by atoms with Crippen molar-refractivity contribution in [3.63, 3.8) is 0 Å². The van der Waals surface area contributed by atoms with Gasteiger partial charge in [0.1, 0.15) is 0 Å². The summed E-state index contributed by atoms with van der Waals surface area (Å²) in [6.07, 6.45) is 4.06. The molecule has 6 aromatic carbocycles. The van der Waals surface area contributed by atoms with Gasteiger partial charge in [0, 0.05) is 20.3 Å². The van der Waals surface area contributed by atoms with Crippen LogP contribution in [0.5, 0.6) is 0 Å². The quantitative estimate of drug-likeness (QED) is 0.112. The third kappa shape index (κ3) is 14.3. The van der Waals surface area contributed by atoms with E-state index in [9.17, 15) is 0 Å². The fourth-order valence-electron chi connectivity index (χ4n) is 8.80. The number of hydrogen-bond donors (Lipinski definition) is 0. The van der Waals surface area contributed by atoms with Crippen molar-refractivity contribution in [3.8, 4) is 22.3 Å². The summed E-state index contributed by atoms with van der Waals surface area (Å²) < 4.78 is 24.1. The number of rotatable bonds is 8. The van der Waals surface area contributed by atoms with E-state index in [1.54, 1.807) is 0 Å². The molecule has 66 heavy (non-hydrogen) atoms. The van der Waals surface area contributed by atoms with Gasteiger partial charge in [-0.3, -0.25) is 0 Å². The van der Waals surface area contributed by atoms with Gasteiger partial charge in [0.2, 0.25) is 0 Å². The summed E-state index contributed by atoms with van der Waals surface area (Å²) in [5.41, 5.74) is 11.1. The fraction of sp³-hybridized carbons (Fsp3) is 0.483. The molecule has 2 heterocycles. The SMILES string of the molecule is CCC1(Cc2cc3c(-c4ccc(C(C)(C)C)cc4)cccc3[cH-]2)COC(C)(C)OC1.CCC1(Cc2cc3c(-c4ccc(C(C)(C)C)cc4)cccc3[cH-]2)COC(C)(C)OC1.C[Si]C.[Cl][Zr+2][Cl]. The fourth-order valence-corrected chi connectivity index (χ4v) is 8.80. The van der Waals surface area contributed by atoms with E-state index in [0.717, 1.165) is 61.6 Å². The summed E-state index contributed by atoms with van der Waals surface area (Å²) in [5, 5.41) is 5.29. The van der Waals surface area contributed by atoms with Crippen molar-refractivity contribution < 1.29 is 39.8 Å². The first kappa shape index (κ1) is 54.6. The third-order valence-electron chi connectivity index (χ3n) is 13.3. The molecule has 0 saturated carbocycles. The molecule has 2 radical (unpaired) electrons. The predicted molar refractivity (Wildman–Crippen MR) is 281 cm³/mol. The Morgan fingerprint density at radius 2 is 0.848 bits per heavy atom. The summed E-state index contributed by atoms with van der Waals surface area (Å²) in [6, 6.07) is 40.8. The van der Waals surface area contributed by atoms with E-state index in [1.807, 2.05) is 27.7 Å². The molecule has 2 aliphatic rings. The third-order valence-corrected chi connectivity index (χ3v) is 13.3. The Bertz CT molecular complexity index is 2240. The van der Waals surface area contributed by atoms with Crippen molar-refractivity contribution in [3.05, 3.63) is 131 Å². The number of fused-ring (bicyclic) bond motifs is 2. The van der Waals surface area contributed by atoms with Gasteiger partial charge in [-0.05, 0) is 86.5 Å². The molecular weight excluding hydrogens is 951 g/mol. The zero-order chi connectivity index (χ0) is 48.6. The molecule has 0 spiro atoms. The minimum atomic E-state index is -0.826. The maximum atomic E-state index is 6.03. The Hall–Kier alpha value is -2.38. The van der Waals surface area contributed by atoms with Crippen molar-refractivity contribution in [2.75, 3.05) is 26.4 Å². The van der Waals surface area contributed by atoms with E-state index in [1.165, 1.54) is 66.1 Å². The standard InChI is InChI=1S/2C28H35O2.C2H6Si.2ClH.Zr/c2*1-7-28(18-29-27(5,6)30-19-28)17-20-15-22-9-8-10-24(25(22)16-20)21-11-13-23(14-12-21)26(2,3)4;1-3-2;;;/h2*8-16H,7,17-19H2,1-6H3;1-2H3;2*1H;/q2*-1;;;;+4/p-2. The zero-order valence-electron chi connectivity index (χ0n) is 42.4. The van der Waals surface area contributed by atoms with E-state index < -0.39 is 32.4 Å². The van der Waals surface area contributed by atoms with Crippen LogP contribution in [0.3, 0.4) is 0 Å². The van der Waals surface area contributed by atoms with Gasteiger partial charge in [-0.2, -0.15) is 12.1 Å². The Balaban J connectivity index is 0.000000221. The first-order valence-electron chi connectivity index (χ1n) is 23.7. The normalized spacial score (nSPS) is 17.3. The van der Waals surface area contributed by atoms with Crippen LogP contribution in [0.4, 0.5) is 0 Å². The molecule has 4 nitrogen and oxygen atoms in total. The van der Waals surface area contributed by atoms with Gasteiger partial charge < -0.3 is 18.9 Å². The summed E-state index contributed by atoms with van der Waals surface area (Å²) in [5.74, 6) is -0.941. The molecule has 2 aliphatic heterocycles. The van der Waals surface area contributed by atoms with Crippen LogP contribution in [0, 0.1) is 10.8 Å². The molecule has 0 unspecified atom stereocenters. The first-order valence-corrected chi connectivity index (χ1v) is 32.1. The molecule has 6 aromatic rings. The topological polar surface area (TPSA) is 36.9 Å². The van der Waals surface area contributed by atoms with E-state index >= 15 is 0 Å². The summed E-state index contributed by atoms with van der Waals surface area (Å²) in [7, 11) is 11.0. The Morgan fingerprint density at radius 1 is 0.545 bits per heavy atom. The molecule has 2 saturated heterocycles. The predicted octanol–water partition coefficient (Wildman–Crippen LogP) is 16.7. The Kier molecular flexibility index (Phi) is 19.0. The van der Waals surface area contributed by atoms with E-state index in [0.29, 0.717) is 0 Å². The molecule has 354 valence electrons. The second-order valence-corrected chi connectivity index (χ2v) is 26.3. The van der Waals surface area contributed by atoms with Gasteiger partial charge >= 0.3 is 37.9 Å². The Morgan fingerprint density at radius 3 is 1.12 bits per heavy atom. The van der Waals surface area contributed by atoms with Crippen LogP contribution in [-0.4, -0.2) is 47.5 Å². The van der Waals surface area contributed by atoms with Crippen molar-refractivity contribution in [1.82, 2.24) is 0 Å². The van der Waals surface area contributed by atoms with Crippen LogP contribution in [0.2, 0.25) is 13.1 Å². The van der Waals surface area contributed by atoms with Gasteiger partial charge in [0.05, 0.1) is 26.4 Å². The maximum absolute atomic E-state index is 6.03. The van der Waals surface area contributed by atoms with Crippen molar-refractivity contribution in [2.24, 2.45) is 10.8 Å².